The molecule has 2 amide bonds. The first-order valence-electron chi connectivity index (χ1n) is 7.01. The maximum absolute atomic E-state index is 11.9. The van der Waals surface area contributed by atoms with E-state index >= 15 is 0 Å². The first-order valence-corrected chi connectivity index (χ1v) is 7.77. The van der Waals surface area contributed by atoms with Crippen LogP contribution in [-0.4, -0.2) is 47.2 Å². The van der Waals surface area contributed by atoms with E-state index in [-0.39, 0.29) is 24.6 Å². The number of benzene rings is 1. The van der Waals surface area contributed by atoms with E-state index in [0.29, 0.717) is 24.5 Å². The summed E-state index contributed by atoms with van der Waals surface area (Å²) in [5.41, 5.74) is 0.382. The van der Waals surface area contributed by atoms with E-state index in [9.17, 15) is 4.79 Å². The Hall–Kier alpha value is -1.17. The van der Waals surface area contributed by atoms with Gasteiger partial charge in [-0.15, -0.1) is 23.2 Å². The predicted molar refractivity (Wildman–Crippen MR) is 87.8 cm³/mol. The molecule has 0 aromatic heterocycles. The Balaban J connectivity index is 1.91. The Morgan fingerprint density at radius 3 is 2.77 bits per heavy atom. The lowest BCUT2D eigenvalue weighted by Crippen LogP contribution is -2.33. The molecule has 1 atom stereocenters. The number of carbonyl (C=O) groups is 1. The summed E-state index contributed by atoms with van der Waals surface area (Å²) in [5, 5.41) is 11.6. The highest BCUT2D eigenvalue weighted by Gasteiger charge is 2.63. The van der Waals surface area contributed by atoms with E-state index in [1.54, 1.807) is 25.2 Å². The molecule has 2 N–H and O–H groups in total. The van der Waals surface area contributed by atoms with Gasteiger partial charge in [-0.1, -0.05) is 13.0 Å². The third-order valence-electron chi connectivity index (χ3n) is 3.80. The summed E-state index contributed by atoms with van der Waals surface area (Å²) in [6.45, 7) is 2.59. The molecular weight excluding hydrogens is 327 g/mol. The number of anilines is 1. The van der Waals surface area contributed by atoms with Gasteiger partial charge in [0.1, 0.15) is 10.1 Å². The van der Waals surface area contributed by atoms with Crippen LogP contribution in [-0.2, 0) is 0 Å². The number of nitrogens with one attached hydrogen (secondary N) is 1. The number of amides is 2. The van der Waals surface area contributed by atoms with Crippen molar-refractivity contribution in [2.45, 2.75) is 17.7 Å². The Labute approximate surface area is 140 Å². The number of halogens is 2. The Morgan fingerprint density at radius 1 is 1.50 bits per heavy atom. The van der Waals surface area contributed by atoms with Gasteiger partial charge in [0.15, 0.2) is 0 Å². The van der Waals surface area contributed by atoms with Gasteiger partial charge < -0.3 is 20.1 Å². The maximum Gasteiger partial charge on any atom is 0.321 e. The van der Waals surface area contributed by atoms with Gasteiger partial charge in [-0.3, -0.25) is 0 Å². The number of hydrogen-bond acceptors (Lipinski definition) is 3. The largest absolute Gasteiger partial charge is 0.493 e. The molecule has 1 aliphatic rings. The van der Waals surface area contributed by atoms with Crippen molar-refractivity contribution in [2.75, 3.05) is 32.1 Å². The number of aliphatic hydroxyl groups excluding tert-OH is 1. The molecule has 1 unspecified atom stereocenters. The van der Waals surface area contributed by atoms with Crippen LogP contribution < -0.4 is 10.1 Å². The van der Waals surface area contributed by atoms with Gasteiger partial charge in [-0.25, -0.2) is 4.79 Å². The number of carbonyl (C=O) groups excluding carboxylic acids is 1. The van der Waals surface area contributed by atoms with Gasteiger partial charge >= 0.3 is 6.03 Å². The average Bonchev–Trinajstić information content (AvgIpc) is 2.96. The summed E-state index contributed by atoms with van der Waals surface area (Å²) in [6, 6.07) is 6.81. The van der Waals surface area contributed by atoms with Crippen molar-refractivity contribution in [1.29, 1.82) is 0 Å². The standard InChI is InChI=1S/C15H20Cl2N2O3/c1-14(9-15(14,16)17)10-22-12-5-3-4-11(8-12)18-13(21)19(2)6-7-20/h3-5,8,20H,6-7,9-10H2,1-2H3,(H,18,21). The minimum Gasteiger partial charge on any atom is -0.493 e. The molecule has 0 bridgehead atoms. The molecule has 7 heteroatoms. The molecule has 5 nitrogen and oxygen atoms in total. The van der Waals surface area contributed by atoms with E-state index in [0.717, 1.165) is 0 Å². The summed E-state index contributed by atoms with van der Waals surface area (Å²) in [4.78, 5) is 13.3. The minimum atomic E-state index is -0.716. The second-order valence-corrected chi connectivity index (χ2v) is 7.32. The van der Waals surface area contributed by atoms with Crippen molar-refractivity contribution < 1.29 is 14.6 Å². The fraction of sp³-hybridized carbons (Fsp3) is 0.533. The Kier molecular flexibility index (Phi) is 5.10. The van der Waals surface area contributed by atoms with Gasteiger partial charge in [0.2, 0.25) is 0 Å². The van der Waals surface area contributed by atoms with Crippen LogP contribution in [0.3, 0.4) is 0 Å². The van der Waals surface area contributed by atoms with Crippen molar-refractivity contribution >= 4 is 34.9 Å². The fourth-order valence-electron chi connectivity index (χ4n) is 1.98. The number of rotatable bonds is 6. The Bertz CT molecular complexity index is 553. The summed E-state index contributed by atoms with van der Waals surface area (Å²) in [7, 11) is 1.61. The summed E-state index contributed by atoms with van der Waals surface area (Å²) in [6.07, 6.45) is 0.700. The van der Waals surface area contributed by atoms with Crippen LogP contribution in [0.25, 0.3) is 0 Å². The van der Waals surface area contributed by atoms with Crippen LogP contribution in [0.5, 0.6) is 5.75 Å². The smallest absolute Gasteiger partial charge is 0.321 e. The SMILES string of the molecule is CN(CCO)C(=O)Nc1cccc(OCC2(C)CC2(Cl)Cl)c1. The molecule has 0 aliphatic heterocycles. The molecule has 22 heavy (non-hydrogen) atoms. The second-order valence-electron chi connectivity index (χ2n) is 5.83. The number of nitrogens with zero attached hydrogens (tertiary/aromatic N) is 1. The number of hydrogen-bond donors (Lipinski definition) is 2. The molecule has 0 radical (unpaired) electrons. The van der Waals surface area contributed by atoms with Crippen LogP contribution in [0.15, 0.2) is 24.3 Å². The minimum absolute atomic E-state index is 0.0791. The zero-order valence-corrected chi connectivity index (χ0v) is 14.1. The summed E-state index contributed by atoms with van der Waals surface area (Å²) < 4.78 is 5.01. The van der Waals surface area contributed by atoms with Gasteiger partial charge in [-0.05, 0) is 18.6 Å². The van der Waals surface area contributed by atoms with Crippen molar-refractivity contribution in [3.05, 3.63) is 24.3 Å². The first kappa shape index (κ1) is 17.2. The van der Waals surface area contributed by atoms with Crippen molar-refractivity contribution in [2.24, 2.45) is 5.41 Å². The fourth-order valence-corrected chi connectivity index (χ4v) is 2.68. The molecule has 1 saturated carbocycles. The molecule has 1 fully saturated rings. The van der Waals surface area contributed by atoms with Crippen LogP contribution in [0.2, 0.25) is 0 Å². The summed E-state index contributed by atoms with van der Waals surface area (Å²) in [5.74, 6) is 0.639. The molecule has 0 saturated heterocycles. The lowest BCUT2D eigenvalue weighted by molar-refractivity contribution is 0.202. The lowest BCUT2D eigenvalue weighted by atomic mass is 10.2. The third-order valence-corrected chi connectivity index (χ3v) is 4.97. The number of ether oxygens (including phenoxy) is 1. The van der Waals surface area contributed by atoms with E-state index in [1.165, 1.54) is 4.90 Å². The maximum atomic E-state index is 11.9. The lowest BCUT2D eigenvalue weighted by Gasteiger charge is -2.17. The molecule has 0 spiro atoms. The van der Waals surface area contributed by atoms with Crippen LogP contribution in [0.1, 0.15) is 13.3 Å². The van der Waals surface area contributed by atoms with Crippen LogP contribution in [0, 0.1) is 5.41 Å². The molecule has 122 valence electrons. The van der Waals surface area contributed by atoms with Crippen molar-refractivity contribution in [3.63, 3.8) is 0 Å². The second kappa shape index (κ2) is 6.52. The predicted octanol–water partition coefficient (Wildman–Crippen LogP) is 3.11. The normalized spacial score (nSPS) is 22.0. The molecular formula is C15H20Cl2N2O3. The molecule has 1 aliphatic carbocycles. The Morgan fingerprint density at radius 2 is 2.18 bits per heavy atom. The van der Waals surface area contributed by atoms with Crippen LogP contribution in [0.4, 0.5) is 10.5 Å². The van der Waals surface area contributed by atoms with Crippen molar-refractivity contribution in [1.82, 2.24) is 4.90 Å². The van der Waals surface area contributed by atoms with Crippen LogP contribution >= 0.6 is 23.2 Å². The van der Waals surface area contributed by atoms with Gasteiger partial charge in [0, 0.05) is 30.8 Å². The highest BCUT2D eigenvalue weighted by atomic mass is 35.5. The average molecular weight is 347 g/mol. The molecule has 2 rings (SSSR count). The van der Waals surface area contributed by atoms with E-state index < -0.39 is 4.33 Å². The van der Waals surface area contributed by atoms with Gasteiger partial charge in [-0.2, -0.15) is 0 Å². The van der Waals surface area contributed by atoms with E-state index in [4.69, 9.17) is 33.0 Å². The number of aliphatic hydroxyl groups is 1. The molecule has 0 heterocycles. The van der Waals surface area contributed by atoms with Gasteiger partial charge in [0.25, 0.3) is 0 Å². The number of likely N-dealkylation sites (N-methyl/N-ethyl adjacent to an activating group) is 1. The third kappa shape index (κ3) is 3.97. The molecule has 1 aromatic rings. The zero-order valence-electron chi connectivity index (χ0n) is 12.6. The first-order chi connectivity index (χ1) is 10.3. The van der Waals surface area contributed by atoms with E-state index in [1.807, 2.05) is 13.0 Å². The quantitative estimate of drug-likeness (QED) is 0.778. The van der Waals surface area contributed by atoms with Crippen molar-refractivity contribution in [3.8, 4) is 5.75 Å². The monoisotopic (exact) mass is 346 g/mol. The van der Waals surface area contributed by atoms with E-state index in [2.05, 4.69) is 5.32 Å². The highest BCUT2D eigenvalue weighted by Crippen LogP contribution is 2.63. The number of urea groups is 1. The zero-order chi connectivity index (χ0) is 16.4. The number of alkyl halides is 2. The topological polar surface area (TPSA) is 61.8 Å². The highest BCUT2D eigenvalue weighted by molar-refractivity contribution is 6.51. The molecule has 1 aromatic carbocycles. The van der Waals surface area contributed by atoms with Gasteiger partial charge in [0.05, 0.1) is 13.2 Å². The summed E-state index contributed by atoms with van der Waals surface area (Å²) >= 11 is 12.2.